The van der Waals surface area contributed by atoms with Crippen LogP contribution in [0.25, 0.3) is 0 Å². The molecular weight excluding hydrogens is 440 g/mol. The molecule has 0 bridgehead atoms. The third-order valence-corrected chi connectivity index (χ3v) is 7.41. The summed E-state index contributed by atoms with van der Waals surface area (Å²) in [7, 11) is 0. The molecule has 35 heavy (non-hydrogen) atoms. The Bertz CT molecular complexity index is 1060. The SMILES string of the molecule is C[C@H]1CCCCN1C(=O)c1cn(CCc2ccccn2)cc(C(=O)NC2CCCCCCC2)c1=O. The molecular formula is C28H38N4O3. The monoisotopic (exact) mass is 478 g/mol. The minimum absolute atomic E-state index is 0.0589. The Morgan fingerprint density at radius 2 is 1.69 bits per heavy atom. The van der Waals surface area contributed by atoms with Gasteiger partial charge in [-0.05, 0) is 51.2 Å². The fraction of sp³-hybridized carbons (Fsp3) is 0.571. The third kappa shape index (κ3) is 6.59. The van der Waals surface area contributed by atoms with E-state index in [1.807, 2.05) is 29.7 Å². The molecule has 1 N–H and O–H groups in total. The van der Waals surface area contributed by atoms with Crippen LogP contribution in [0.4, 0.5) is 0 Å². The zero-order valence-corrected chi connectivity index (χ0v) is 20.9. The number of likely N-dealkylation sites (tertiary alicyclic amines) is 1. The van der Waals surface area contributed by atoms with Gasteiger partial charge in [0.25, 0.3) is 11.8 Å². The molecule has 188 valence electrons. The Labute approximate surface area is 207 Å². The molecule has 1 saturated carbocycles. The van der Waals surface area contributed by atoms with Gasteiger partial charge in [-0.3, -0.25) is 19.4 Å². The van der Waals surface area contributed by atoms with Crippen LogP contribution in [0.2, 0.25) is 0 Å². The Kier molecular flexibility index (Phi) is 8.72. The van der Waals surface area contributed by atoms with Crippen LogP contribution in [0.15, 0.2) is 41.6 Å². The van der Waals surface area contributed by atoms with E-state index in [2.05, 4.69) is 10.3 Å². The Morgan fingerprint density at radius 3 is 2.40 bits per heavy atom. The molecule has 0 aromatic carbocycles. The standard InChI is InChI=1S/C28H38N4O3/c1-21-11-8-10-17-32(21)28(35)25-20-31(18-15-22-12-7-9-16-29-22)19-24(26(25)33)27(34)30-23-13-5-3-2-4-6-14-23/h7,9,12,16,19-21,23H,2-6,8,10-11,13-15,17-18H2,1H3,(H,30,34)/t21-/m0/s1. The van der Waals surface area contributed by atoms with E-state index in [0.29, 0.717) is 19.5 Å². The normalized spacial score (nSPS) is 19.6. The largest absolute Gasteiger partial charge is 0.352 e. The van der Waals surface area contributed by atoms with E-state index in [9.17, 15) is 14.4 Å². The molecule has 2 aromatic heterocycles. The molecule has 1 aliphatic heterocycles. The van der Waals surface area contributed by atoms with Gasteiger partial charge in [-0.25, -0.2) is 0 Å². The van der Waals surface area contributed by atoms with Gasteiger partial charge in [-0.1, -0.05) is 38.2 Å². The molecule has 2 aliphatic rings. The highest BCUT2D eigenvalue weighted by molar-refractivity contribution is 5.99. The van der Waals surface area contributed by atoms with Crippen LogP contribution in [0, 0.1) is 0 Å². The molecule has 1 saturated heterocycles. The van der Waals surface area contributed by atoms with Crippen LogP contribution in [0.1, 0.15) is 97.5 Å². The number of piperidine rings is 1. The number of hydrogen-bond acceptors (Lipinski definition) is 4. The molecule has 0 spiro atoms. The Morgan fingerprint density at radius 1 is 0.971 bits per heavy atom. The second-order valence-corrected chi connectivity index (χ2v) is 10.1. The van der Waals surface area contributed by atoms with Crippen molar-refractivity contribution >= 4 is 11.8 Å². The first kappa shape index (κ1) is 25.1. The molecule has 1 atom stereocenters. The number of carbonyl (C=O) groups excluding carboxylic acids is 2. The predicted molar refractivity (Wildman–Crippen MR) is 137 cm³/mol. The Hall–Kier alpha value is -2.96. The van der Waals surface area contributed by atoms with Gasteiger partial charge in [0.05, 0.1) is 0 Å². The molecule has 1 aliphatic carbocycles. The second kappa shape index (κ2) is 12.1. The summed E-state index contributed by atoms with van der Waals surface area (Å²) in [5.74, 6) is -0.636. The maximum absolute atomic E-state index is 13.5. The first-order valence-electron chi connectivity index (χ1n) is 13.3. The summed E-state index contributed by atoms with van der Waals surface area (Å²) in [6, 6.07) is 5.92. The number of nitrogens with one attached hydrogen (secondary N) is 1. The lowest BCUT2D eigenvalue weighted by molar-refractivity contribution is 0.0633. The van der Waals surface area contributed by atoms with Crippen molar-refractivity contribution in [3.05, 3.63) is 63.8 Å². The van der Waals surface area contributed by atoms with Gasteiger partial charge < -0.3 is 14.8 Å². The lowest BCUT2D eigenvalue weighted by Crippen LogP contribution is -2.45. The number of pyridine rings is 2. The first-order valence-corrected chi connectivity index (χ1v) is 13.3. The summed E-state index contributed by atoms with van der Waals surface area (Å²) in [4.78, 5) is 46.4. The number of carbonyl (C=O) groups is 2. The van der Waals surface area contributed by atoms with Crippen molar-refractivity contribution in [2.24, 2.45) is 0 Å². The Balaban J connectivity index is 1.61. The number of amides is 2. The number of nitrogens with zero attached hydrogens (tertiary/aromatic N) is 3. The summed E-state index contributed by atoms with van der Waals surface area (Å²) in [5, 5.41) is 3.11. The smallest absolute Gasteiger partial charge is 0.259 e. The van der Waals surface area contributed by atoms with Gasteiger partial charge in [0, 0.05) is 55.9 Å². The van der Waals surface area contributed by atoms with E-state index in [-0.39, 0.29) is 35.0 Å². The van der Waals surface area contributed by atoms with Gasteiger partial charge >= 0.3 is 0 Å². The maximum Gasteiger partial charge on any atom is 0.259 e. The molecule has 2 fully saturated rings. The average molecular weight is 479 g/mol. The molecule has 0 unspecified atom stereocenters. The topological polar surface area (TPSA) is 84.3 Å². The van der Waals surface area contributed by atoms with E-state index in [4.69, 9.17) is 0 Å². The van der Waals surface area contributed by atoms with Crippen LogP contribution in [-0.4, -0.2) is 44.9 Å². The van der Waals surface area contributed by atoms with Crippen LogP contribution < -0.4 is 10.7 Å². The van der Waals surface area contributed by atoms with Gasteiger partial charge in [-0.15, -0.1) is 0 Å². The van der Waals surface area contributed by atoms with Gasteiger partial charge in [-0.2, -0.15) is 0 Å². The van der Waals surface area contributed by atoms with E-state index in [1.54, 1.807) is 23.5 Å². The highest BCUT2D eigenvalue weighted by Gasteiger charge is 2.28. The summed E-state index contributed by atoms with van der Waals surface area (Å²) in [5.41, 5.74) is 0.600. The van der Waals surface area contributed by atoms with Crippen LogP contribution >= 0.6 is 0 Å². The minimum Gasteiger partial charge on any atom is -0.352 e. The van der Waals surface area contributed by atoms with E-state index < -0.39 is 5.43 Å². The number of aryl methyl sites for hydroxylation is 2. The summed E-state index contributed by atoms with van der Waals surface area (Å²) in [6.07, 6.45) is 16.2. The quantitative estimate of drug-likeness (QED) is 0.669. The molecule has 7 nitrogen and oxygen atoms in total. The van der Waals surface area contributed by atoms with Crippen molar-refractivity contribution < 1.29 is 9.59 Å². The minimum atomic E-state index is -0.467. The van der Waals surface area contributed by atoms with Crippen LogP contribution in [-0.2, 0) is 13.0 Å². The number of aromatic nitrogens is 2. The zero-order valence-electron chi connectivity index (χ0n) is 20.9. The van der Waals surface area contributed by atoms with E-state index in [0.717, 1.165) is 50.6 Å². The number of rotatable bonds is 6. The first-order chi connectivity index (χ1) is 17.0. The van der Waals surface area contributed by atoms with Crippen molar-refractivity contribution in [3.8, 4) is 0 Å². The molecule has 7 heteroatoms. The van der Waals surface area contributed by atoms with Crippen LogP contribution in [0.3, 0.4) is 0 Å². The lowest BCUT2D eigenvalue weighted by atomic mass is 9.96. The summed E-state index contributed by atoms with van der Waals surface area (Å²) < 4.78 is 1.81. The molecule has 3 heterocycles. The van der Waals surface area contributed by atoms with Crippen molar-refractivity contribution in [2.45, 2.75) is 96.2 Å². The van der Waals surface area contributed by atoms with Gasteiger partial charge in [0.15, 0.2) is 0 Å². The van der Waals surface area contributed by atoms with E-state index >= 15 is 0 Å². The molecule has 0 radical (unpaired) electrons. The molecule has 2 aromatic rings. The predicted octanol–water partition coefficient (Wildman–Crippen LogP) is 4.34. The average Bonchev–Trinajstić information content (AvgIpc) is 2.85. The highest BCUT2D eigenvalue weighted by atomic mass is 16.2. The van der Waals surface area contributed by atoms with Gasteiger partial charge in [0.2, 0.25) is 5.43 Å². The maximum atomic E-state index is 13.5. The molecule has 4 rings (SSSR count). The van der Waals surface area contributed by atoms with Crippen molar-refractivity contribution in [3.63, 3.8) is 0 Å². The lowest BCUT2D eigenvalue weighted by Gasteiger charge is -2.33. The van der Waals surface area contributed by atoms with Crippen LogP contribution in [0.5, 0.6) is 0 Å². The van der Waals surface area contributed by atoms with Gasteiger partial charge in [0.1, 0.15) is 11.1 Å². The van der Waals surface area contributed by atoms with E-state index in [1.165, 1.54) is 19.3 Å². The van der Waals surface area contributed by atoms with Crippen molar-refractivity contribution in [2.75, 3.05) is 6.54 Å². The summed E-state index contributed by atoms with van der Waals surface area (Å²) in [6.45, 7) is 3.20. The molecule has 2 amide bonds. The van der Waals surface area contributed by atoms with Crippen molar-refractivity contribution in [1.29, 1.82) is 0 Å². The second-order valence-electron chi connectivity index (χ2n) is 10.1. The zero-order chi connectivity index (χ0) is 24.6. The van der Waals surface area contributed by atoms with Crippen molar-refractivity contribution in [1.82, 2.24) is 19.8 Å². The fourth-order valence-corrected chi connectivity index (χ4v) is 5.28. The summed E-state index contributed by atoms with van der Waals surface area (Å²) >= 11 is 0. The fourth-order valence-electron chi connectivity index (χ4n) is 5.28. The third-order valence-electron chi connectivity index (χ3n) is 7.41. The number of hydrogen-bond donors (Lipinski definition) is 1. The highest BCUT2D eigenvalue weighted by Crippen LogP contribution is 2.20.